The molecule has 0 saturated carbocycles. The fourth-order valence-corrected chi connectivity index (χ4v) is 4.36. The lowest BCUT2D eigenvalue weighted by Gasteiger charge is -2.15. The molecule has 1 unspecified atom stereocenters. The van der Waals surface area contributed by atoms with Gasteiger partial charge < -0.3 is 14.6 Å². The number of carbonyl (C=O) groups excluding carboxylic acids is 1. The van der Waals surface area contributed by atoms with Crippen LogP contribution in [-0.2, 0) is 14.3 Å². The number of allylic oxidation sites excluding steroid dienone is 14. The molecule has 44 heavy (non-hydrogen) atoms. The van der Waals surface area contributed by atoms with E-state index in [0.717, 1.165) is 77.0 Å². The van der Waals surface area contributed by atoms with Crippen molar-refractivity contribution >= 4 is 5.97 Å². The smallest absolute Gasteiger partial charge is 0.306 e. The number of hydrogen-bond donors (Lipinski definition) is 1. The van der Waals surface area contributed by atoms with Crippen molar-refractivity contribution in [3.8, 4) is 0 Å². The topological polar surface area (TPSA) is 55.8 Å². The van der Waals surface area contributed by atoms with E-state index in [4.69, 9.17) is 9.47 Å². The van der Waals surface area contributed by atoms with Gasteiger partial charge in [0.05, 0.1) is 13.2 Å². The van der Waals surface area contributed by atoms with E-state index in [0.29, 0.717) is 13.0 Å². The molecule has 0 aliphatic rings. The molecule has 0 aromatic carbocycles. The third-order valence-electron chi connectivity index (χ3n) is 6.98. The zero-order valence-corrected chi connectivity index (χ0v) is 28.4. The number of aliphatic hydroxyl groups excluding tert-OH is 1. The molecular formula is C40H66O4. The van der Waals surface area contributed by atoms with Crippen LogP contribution < -0.4 is 0 Å². The Balaban J connectivity index is 3.57. The Bertz CT molecular complexity index is 815. The lowest BCUT2D eigenvalue weighted by atomic mass is 10.1. The first-order chi connectivity index (χ1) is 21.7. The summed E-state index contributed by atoms with van der Waals surface area (Å²) in [5.41, 5.74) is 0. The fourth-order valence-electron chi connectivity index (χ4n) is 4.36. The van der Waals surface area contributed by atoms with Gasteiger partial charge in [0, 0.05) is 13.0 Å². The summed E-state index contributed by atoms with van der Waals surface area (Å²) < 4.78 is 11.0. The monoisotopic (exact) mass is 610 g/mol. The number of aliphatic hydroxyl groups is 1. The lowest BCUT2D eigenvalue weighted by molar-refractivity contribution is -0.154. The standard InChI is InChI=1S/C40H66O4/c1-3-5-7-9-11-12-13-14-15-16-17-18-19-20-21-22-23-24-25-26-27-28-29-30-32-34-36-43-38-39(37-41)44-40(42)35-33-31-10-8-6-4-2/h5,7,11-12,14-15,17-18,20-21,23-24,26-27,39,41H,3-4,6,8-10,13,16,19,22,25,28-38H2,1-2H3/b7-5-,12-11-,15-14-,18-17-,21-20-,24-23-,27-26-. The van der Waals surface area contributed by atoms with Crippen LogP contribution in [0.3, 0.4) is 0 Å². The predicted molar refractivity (Wildman–Crippen MR) is 191 cm³/mol. The van der Waals surface area contributed by atoms with E-state index < -0.39 is 6.10 Å². The van der Waals surface area contributed by atoms with Crippen molar-refractivity contribution in [2.45, 2.75) is 142 Å². The Morgan fingerprint density at radius 1 is 0.568 bits per heavy atom. The Morgan fingerprint density at radius 2 is 1.02 bits per heavy atom. The number of ether oxygens (including phenoxy) is 2. The quantitative estimate of drug-likeness (QED) is 0.0482. The second kappa shape index (κ2) is 36.8. The molecule has 4 heteroatoms. The van der Waals surface area contributed by atoms with Crippen molar-refractivity contribution in [3.63, 3.8) is 0 Å². The van der Waals surface area contributed by atoms with Crippen LogP contribution in [0.25, 0.3) is 0 Å². The Kier molecular flexibility index (Phi) is 34.7. The van der Waals surface area contributed by atoms with E-state index in [9.17, 15) is 9.90 Å². The molecule has 0 amide bonds. The Labute approximate surface area is 271 Å². The molecule has 0 rings (SSSR count). The summed E-state index contributed by atoms with van der Waals surface area (Å²) in [6.07, 6.45) is 50.7. The van der Waals surface area contributed by atoms with Gasteiger partial charge in [-0.15, -0.1) is 0 Å². The van der Waals surface area contributed by atoms with E-state index in [1.807, 2.05) is 0 Å². The summed E-state index contributed by atoms with van der Waals surface area (Å²) in [5, 5.41) is 9.47. The number of carbonyl (C=O) groups is 1. The van der Waals surface area contributed by atoms with Gasteiger partial charge in [0.15, 0.2) is 0 Å². The van der Waals surface area contributed by atoms with Gasteiger partial charge in [-0.1, -0.05) is 144 Å². The van der Waals surface area contributed by atoms with Gasteiger partial charge in [-0.05, 0) is 70.6 Å². The van der Waals surface area contributed by atoms with Crippen molar-refractivity contribution in [2.24, 2.45) is 0 Å². The van der Waals surface area contributed by atoms with Gasteiger partial charge in [0.25, 0.3) is 0 Å². The molecule has 0 aliphatic heterocycles. The zero-order chi connectivity index (χ0) is 32.0. The summed E-state index contributed by atoms with van der Waals surface area (Å²) in [4.78, 5) is 12.0. The second-order valence-electron chi connectivity index (χ2n) is 11.2. The summed E-state index contributed by atoms with van der Waals surface area (Å²) in [6, 6.07) is 0. The highest BCUT2D eigenvalue weighted by Gasteiger charge is 2.13. The first-order valence-electron chi connectivity index (χ1n) is 17.7. The van der Waals surface area contributed by atoms with Gasteiger partial charge in [-0.25, -0.2) is 0 Å². The largest absolute Gasteiger partial charge is 0.457 e. The third-order valence-corrected chi connectivity index (χ3v) is 6.98. The molecule has 4 nitrogen and oxygen atoms in total. The molecule has 1 N–H and O–H groups in total. The predicted octanol–water partition coefficient (Wildman–Crippen LogP) is 11.3. The van der Waals surface area contributed by atoms with Crippen molar-refractivity contribution in [3.05, 3.63) is 85.1 Å². The third kappa shape index (κ3) is 34.1. The second-order valence-corrected chi connectivity index (χ2v) is 11.2. The molecule has 1 atom stereocenters. The molecule has 0 saturated heterocycles. The SMILES string of the molecule is CC/C=C\C/C=C\C/C=C\C/C=C\C/C=C\C/C=C\C/C=C\CCCCCCOCC(CO)OC(=O)CCCCCCCC. The number of rotatable bonds is 31. The molecule has 0 heterocycles. The van der Waals surface area contributed by atoms with Crippen molar-refractivity contribution in [2.75, 3.05) is 19.8 Å². The maximum absolute atomic E-state index is 12.0. The van der Waals surface area contributed by atoms with E-state index in [2.05, 4.69) is 98.9 Å². The van der Waals surface area contributed by atoms with Gasteiger partial charge in [0.1, 0.15) is 6.10 Å². The van der Waals surface area contributed by atoms with Crippen molar-refractivity contribution in [1.82, 2.24) is 0 Å². The maximum atomic E-state index is 12.0. The summed E-state index contributed by atoms with van der Waals surface area (Å²) >= 11 is 0. The average molecular weight is 611 g/mol. The number of esters is 1. The van der Waals surface area contributed by atoms with Crippen LogP contribution in [0.4, 0.5) is 0 Å². The lowest BCUT2D eigenvalue weighted by Crippen LogP contribution is -2.27. The van der Waals surface area contributed by atoms with Gasteiger partial charge in [-0.3, -0.25) is 4.79 Å². The minimum atomic E-state index is -0.547. The van der Waals surface area contributed by atoms with Crippen LogP contribution in [0.15, 0.2) is 85.1 Å². The number of unbranched alkanes of at least 4 members (excludes halogenated alkanes) is 9. The average Bonchev–Trinajstić information content (AvgIpc) is 3.03. The highest BCUT2D eigenvalue weighted by molar-refractivity contribution is 5.69. The fraction of sp³-hybridized carbons (Fsp3) is 0.625. The first kappa shape index (κ1) is 41.6. The highest BCUT2D eigenvalue weighted by Crippen LogP contribution is 2.09. The van der Waals surface area contributed by atoms with Gasteiger partial charge in [0.2, 0.25) is 0 Å². The summed E-state index contributed by atoms with van der Waals surface area (Å²) in [6.45, 7) is 5.09. The van der Waals surface area contributed by atoms with E-state index in [-0.39, 0.29) is 19.2 Å². The summed E-state index contributed by atoms with van der Waals surface area (Å²) in [7, 11) is 0. The molecule has 0 aromatic heterocycles. The van der Waals surface area contributed by atoms with Crippen LogP contribution in [-0.4, -0.2) is 37.0 Å². The van der Waals surface area contributed by atoms with Gasteiger partial charge >= 0.3 is 5.97 Å². The molecular weight excluding hydrogens is 544 g/mol. The maximum Gasteiger partial charge on any atom is 0.306 e. The first-order valence-corrected chi connectivity index (χ1v) is 17.7. The van der Waals surface area contributed by atoms with E-state index in [1.54, 1.807) is 0 Å². The van der Waals surface area contributed by atoms with Crippen LogP contribution in [0.2, 0.25) is 0 Å². The molecule has 0 radical (unpaired) electrons. The summed E-state index contributed by atoms with van der Waals surface area (Å²) in [5.74, 6) is -0.225. The highest BCUT2D eigenvalue weighted by atomic mass is 16.6. The zero-order valence-electron chi connectivity index (χ0n) is 28.4. The Hall–Kier alpha value is -2.43. The molecule has 0 aromatic rings. The van der Waals surface area contributed by atoms with Crippen LogP contribution >= 0.6 is 0 Å². The van der Waals surface area contributed by atoms with Crippen LogP contribution in [0, 0.1) is 0 Å². The van der Waals surface area contributed by atoms with Gasteiger partial charge in [-0.2, -0.15) is 0 Å². The minimum absolute atomic E-state index is 0.187. The molecule has 0 fully saturated rings. The number of hydrogen-bond acceptors (Lipinski definition) is 4. The van der Waals surface area contributed by atoms with Crippen LogP contribution in [0.5, 0.6) is 0 Å². The Morgan fingerprint density at radius 3 is 1.55 bits per heavy atom. The molecule has 0 bridgehead atoms. The van der Waals surface area contributed by atoms with Crippen molar-refractivity contribution in [1.29, 1.82) is 0 Å². The molecule has 0 spiro atoms. The minimum Gasteiger partial charge on any atom is -0.457 e. The molecule has 0 aliphatic carbocycles. The normalized spacial score (nSPS) is 13.4. The van der Waals surface area contributed by atoms with E-state index in [1.165, 1.54) is 38.5 Å². The van der Waals surface area contributed by atoms with E-state index >= 15 is 0 Å². The molecule has 250 valence electrons. The van der Waals surface area contributed by atoms with Crippen LogP contribution in [0.1, 0.15) is 136 Å². The van der Waals surface area contributed by atoms with Crippen molar-refractivity contribution < 1.29 is 19.4 Å².